The van der Waals surface area contributed by atoms with Crippen LogP contribution in [-0.4, -0.2) is 23.0 Å². The maximum Gasteiger partial charge on any atom is 0.303 e. The molecule has 0 aliphatic heterocycles. The van der Waals surface area contributed by atoms with E-state index in [4.69, 9.17) is 10.8 Å². The van der Waals surface area contributed by atoms with Gasteiger partial charge in [0.2, 0.25) is 5.91 Å². The Morgan fingerprint density at radius 3 is 2.48 bits per heavy atom. The van der Waals surface area contributed by atoms with Crippen molar-refractivity contribution in [3.63, 3.8) is 0 Å². The number of carboxylic acids is 1. The molecular formula is C16H22N2O3. The van der Waals surface area contributed by atoms with Gasteiger partial charge in [0.1, 0.15) is 0 Å². The van der Waals surface area contributed by atoms with Gasteiger partial charge in [0, 0.05) is 18.2 Å². The zero-order valence-electron chi connectivity index (χ0n) is 12.0. The van der Waals surface area contributed by atoms with Crippen LogP contribution in [0.1, 0.15) is 37.7 Å². The lowest BCUT2D eigenvalue weighted by atomic mass is 9.84. The van der Waals surface area contributed by atoms with Crippen molar-refractivity contribution in [2.24, 2.45) is 11.7 Å². The number of carbonyl (C=O) groups excluding carboxylic acids is 1. The Bertz CT molecular complexity index is 499. The zero-order valence-corrected chi connectivity index (χ0v) is 12.0. The molecule has 1 aromatic carbocycles. The molecule has 1 aliphatic rings. The lowest BCUT2D eigenvalue weighted by Gasteiger charge is -2.27. The zero-order chi connectivity index (χ0) is 15.2. The van der Waals surface area contributed by atoms with Gasteiger partial charge < -0.3 is 16.2 Å². The fourth-order valence-electron chi connectivity index (χ4n) is 2.73. The van der Waals surface area contributed by atoms with Gasteiger partial charge in [0.15, 0.2) is 0 Å². The van der Waals surface area contributed by atoms with E-state index in [-0.39, 0.29) is 24.3 Å². The number of nitrogens with one attached hydrogen (secondary N) is 1. The monoisotopic (exact) mass is 290 g/mol. The summed E-state index contributed by atoms with van der Waals surface area (Å²) in [4.78, 5) is 22.7. The number of rotatable bonds is 5. The third-order valence-electron chi connectivity index (χ3n) is 4.01. The number of benzene rings is 1. The molecule has 0 heterocycles. The molecular weight excluding hydrogens is 268 g/mol. The van der Waals surface area contributed by atoms with Crippen LogP contribution in [0.2, 0.25) is 0 Å². The highest BCUT2D eigenvalue weighted by molar-refractivity contribution is 5.93. The van der Waals surface area contributed by atoms with Crippen LogP contribution in [0.4, 0.5) is 5.69 Å². The first-order valence-corrected chi connectivity index (χ1v) is 7.43. The van der Waals surface area contributed by atoms with Crippen molar-refractivity contribution in [3.05, 3.63) is 29.8 Å². The van der Waals surface area contributed by atoms with Crippen LogP contribution < -0.4 is 11.1 Å². The number of carbonyl (C=O) groups is 2. The van der Waals surface area contributed by atoms with Crippen LogP contribution in [0.3, 0.4) is 0 Å². The third-order valence-corrected chi connectivity index (χ3v) is 4.01. The highest BCUT2D eigenvalue weighted by Crippen LogP contribution is 2.24. The van der Waals surface area contributed by atoms with E-state index in [0.717, 1.165) is 36.9 Å². The minimum Gasteiger partial charge on any atom is -0.481 e. The van der Waals surface area contributed by atoms with E-state index in [1.165, 1.54) is 0 Å². The van der Waals surface area contributed by atoms with Gasteiger partial charge in [-0.25, -0.2) is 0 Å². The summed E-state index contributed by atoms with van der Waals surface area (Å²) >= 11 is 0. The Labute approximate surface area is 124 Å². The first-order chi connectivity index (χ1) is 10.1. The van der Waals surface area contributed by atoms with Crippen LogP contribution in [0.25, 0.3) is 0 Å². The Kier molecular flexibility index (Phi) is 5.33. The third kappa shape index (κ3) is 4.56. The number of anilines is 1. The minimum absolute atomic E-state index is 0.0134. The van der Waals surface area contributed by atoms with Crippen LogP contribution in [0, 0.1) is 5.92 Å². The fourth-order valence-corrected chi connectivity index (χ4v) is 2.73. The van der Waals surface area contributed by atoms with E-state index in [1.54, 1.807) is 0 Å². The summed E-state index contributed by atoms with van der Waals surface area (Å²) in [7, 11) is 0. The summed E-state index contributed by atoms with van der Waals surface area (Å²) in [6, 6.07) is 7.26. The first-order valence-electron chi connectivity index (χ1n) is 7.43. The van der Waals surface area contributed by atoms with E-state index in [2.05, 4.69) is 5.32 Å². The average Bonchev–Trinajstić information content (AvgIpc) is 2.47. The second-order valence-corrected chi connectivity index (χ2v) is 5.63. The van der Waals surface area contributed by atoms with Crippen molar-refractivity contribution in [3.8, 4) is 0 Å². The summed E-state index contributed by atoms with van der Waals surface area (Å²) < 4.78 is 0. The number of hydrogen-bond donors (Lipinski definition) is 3. The summed E-state index contributed by atoms with van der Waals surface area (Å²) in [6.07, 6.45) is 4.53. The molecule has 5 nitrogen and oxygen atoms in total. The topological polar surface area (TPSA) is 92.4 Å². The smallest absolute Gasteiger partial charge is 0.303 e. The van der Waals surface area contributed by atoms with Gasteiger partial charge in [-0.2, -0.15) is 0 Å². The van der Waals surface area contributed by atoms with Crippen LogP contribution in [-0.2, 0) is 16.0 Å². The molecule has 1 amide bonds. The second kappa shape index (κ2) is 7.22. The average molecular weight is 290 g/mol. The lowest BCUT2D eigenvalue weighted by molar-refractivity contribution is -0.137. The van der Waals surface area contributed by atoms with Gasteiger partial charge in [0.05, 0.1) is 5.92 Å². The molecule has 21 heavy (non-hydrogen) atoms. The molecule has 2 rings (SSSR count). The Morgan fingerprint density at radius 2 is 1.86 bits per heavy atom. The van der Waals surface area contributed by atoms with Gasteiger partial charge >= 0.3 is 5.97 Å². The van der Waals surface area contributed by atoms with Crippen molar-refractivity contribution in [1.82, 2.24) is 0 Å². The standard InChI is InChI=1S/C16H22N2O3/c17-14-4-2-1-3-13(14)16(21)18-12-8-5-11(6-9-12)7-10-15(19)20/h5-6,8-9,13-14H,1-4,7,10,17H2,(H,18,21)(H,19,20). The summed E-state index contributed by atoms with van der Waals surface area (Å²) in [5.41, 5.74) is 7.69. The summed E-state index contributed by atoms with van der Waals surface area (Å²) in [6.45, 7) is 0. The minimum atomic E-state index is -0.807. The van der Waals surface area contributed by atoms with E-state index >= 15 is 0 Å². The van der Waals surface area contributed by atoms with Crippen molar-refractivity contribution in [2.75, 3.05) is 5.32 Å². The first kappa shape index (κ1) is 15.5. The molecule has 1 saturated carbocycles. The van der Waals surface area contributed by atoms with E-state index < -0.39 is 5.97 Å². The molecule has 2 atom stereocenters. The van der Waals surface area contributed by atoms with Crippen molar-refractivity contribution in [1.29, 1.82) is 0 Å². The quantitative estimate of drug-likeness (QED) is 0.774. The fraction of sp³-hybridized carbons (Fsp3) is 0.500. The number of nitrogens with two attached hydrogens (primary N) is 1. The van der Waals surface area contributed by atoms with Gasteiger partial charge in [-0.1, -0.05) is 25.0 Å². The maximum absolute atomic E-state index is 12.2. The summed E-state index contributed by atoms with van der Waals surface area (Å²) in [5, 5.41) is 11.5. The Balaban J connectivity index is 1.90. The highest BCUT2D eigenvalue weighted by Gasteiger charge is 2.28. The van der Waals surface area contributed by atoms with Crippen molar-refractivity contribution >= 4 is 17.6 Å². The predicted molar refractivity (Wildman–Crippen MR) is 81.0 cm³/mol. The maximum atomic E-state index is 12.2. The molecule has 0 spiro atoms. The van der Waals surface area contributed by atoms with Crippen molar-refractivity contribution < 1.29 is 14.7 Å². The number of carboxylic acid groups (broad SMARTS) is 1. The number of hydrogen-bond acceptors (Lipinski definition) is 3. The van der Waals surface area contributed by atoms with E-state index in [0.29, 0.717) is 6.42 Å². The Hall–Kier alpha value is -1.88. The van der Waals surface area contributed by atoms with Gasteiger partial charge in [-0.3, -0.25) is 9.59 Å². The van der Waals surface area contributed by atoms with Crippen molar-refractivity contribution in [2.45, 2.75) is 44.6 Å². The second-order valence-electron chi connectivity index (χ2n) is 5.63. The van der Waals surface area contributed by atoms with E-state index in [1.807, 2.05) is 24.3 Å². The molecule has 1 aromatic rings. The SMILES string of the molecule is NC1CCCCC1C(=O)Nc1ccc(CCC(=O)O)cc1. The molecule has 2 unspecified atom stereocenters. The normalized spacial score (nSPS) is 21.8. The number of amides is 1. The largest absolute Gasteiger partial charge is 0.481 e. The predicted octanol–water partition coefficient (Wildman–Crippen LogP) is 2.16. The lowest BCUT2D eigenvalue weighted by Crippen LogP contribution is -2.40. The molecule has 5 heteroatoms. The molecule has 4 N–H and O–H groups in total. The Morgan fingerprint density at radius 1 is 1.19 bits per heavy atom. The van der Waals surface area contributed by atoms with Gasteiger partial charge in [-0.15, -0.1) is 0 Å². The molecule has 0 radical (unpaired) electrons. The number of aryl methyl sites for hydroxylation is 1. The van der Waals surface area contributed by atoms with Gasteiger partial charge in [-0.05, 0) is 37.0 Å². The van der Waals surface area contributed by atoms with Gasteiger partial charge in [0.25, 0.3) is 0 Å². The highest BCUT2D eigenvalue weighted by atomic mass is 16.4. The number of aliphatic carboxylic acids is 1. The van der Waals surface area contributed by atoms with Crippen LogP contribution in [0.15, 0.2) is 24.3 Å². The van der Waals surface area contributed by atoms with E-state index in [9.17, 15) is 9.59 Å². The summed E-state index contributed by atoms with van der Waals surface area (Å²) in [5.74, 6) is -0.926. The molecule has 114 valence electrons. The molecule has 0 saturated heterocycles. The molecule has 1 aliphatic carbocycles. The molecule has 0 aromatic heterocycles. The van der Waals surface area contributed by atoms with Crippen LogP contribution >= 0.6 is 0 Å². The molecule has 1 fully saturated rings. The van der Waals surface area contributed by atoms with Crippen LogP contribution in [0.5, 0.6) is 0 Å². The molecule has 0 bridgehead atoms.